The fraction of sp³-hybridized carbons (Fsp3) is 0.143. The highest BCUT2D eigenvalue weighted by molar-refractivity contribution is 5.91. The molecule has 1 N–H and O–H groups in total. The molecule has 0 bridgehead atoms. The van der Waals surface area contributed by atoms with Crippen LogP contribution in [0.1, 0.15) is 21.7 Å². The number of fused-ring (bicyclic) bond motifs is 1. The van der Waals surface area contributed by atoms with Gasteiger partial charge in [-0.05, 0) is 23.8 Å². The third-order valence-corrected chi connectivity index (χ3v) is 4.44. The zero-order chi connectivity index (χ0) is 20.4. The molecule has 2 heterocycles. The predicted molar refractivity (Wildman–Crippen MR) is 99.2 cm³/mol. The molecule has 0 saturated heterocycles. The molecule has 0 spiro atoms. The zero-order valence-corrected chi connectivity index (χ0v) is 15.1. The van der Waals surface area contributed by atoms with Crippen LogP contribution in [0.3, 0.4) is 0 Å². The number of benzene rings is 2. The lowest BCUT2D eigenvalue weighted by atomic mass is 10.1. The monoisotopic (exact) mass is 397 g/mol. The van der Waals surface area contributed by atoms with Gasteiger partial charge in [-0.1, -0.05) is 24.3 Å². The second-order valence-corrected chi connectivity index (χ2v) is 6.43. The summed E-state index contributed by atoms with van der Waals surface area (Å²) in [6.45, 7) is 0.175. The molecule has 8 heteroatoms. The van der Waals surface area contributed by atoms with E-state index in [2.05, 4.69) is 0 Å². The van der Waals surface area contributed by atoms with Gasteiger partial charge in [-0.15, -0.1) is 0 Å². The Labute approximate surface area is 164 Å². The first-order chi connectivity index (χ1) is 14.0. The molecule has 0 atom stereocenters. The number of hydrogen-bond donors (Lipinski definition) is 1. The van der Waals surface area contributed by atoms with Gasteiger partial charge in [0.25, 0.3) is 5.91 Å². The molecule has 0 aliphatic carbocycles. The van der Waals surface area contributed by atoms with Crippen molar-refractivity contribution in [1.82, 2.24) is 4.90 Å². The lowest BCUT2D eigenvalue weighted by molar-refractivity contribution is 0.0692. The van der Waals surface area contributed by atoms with E-state index in [0.29, 0.717) is 17.1 Å². The second-order valence-electron chi connectivity index (χ2n) is 6.43. The molecule has 4 rings (SSSR count). The van der Waals surface area contributed by atoms with Crippen LogP contribution < -0.4 is 14.9 Å². The summed E-state index contributed by atoms with van der Waals surface area (Å²) in [7, 11) is 0. The van der Waals surface area contributed by atoms with E-state index in [4.69, 9.17) is 13.9 Å². The Hall–Kier alpha value is -3.81. The number of carbonyl (C=O) groups excluding carboxylic acids is 1. The minimum atomic E-state index is -0.742. The van der Waals surface area contributed by atoms with Crippen molar-refractivity contribution in [3.05, 3.63) is 87.7 Å². The minimum absolute atomic E-state index is 0.0511. The molecule has 29 heavy (non-hydrogen) atoms. The van der Waals surface area contributed by atoms with Gasteiger partial charge in [0.05, 0.1) is 0 Å². The Morgan fingerprint density at radius 3 is 2.66 bits per heavy atom. The SMILES string of the molecule is O=C(c1cc(=O)c(O)co1)N(Cc1ccc2c(c1)OCO2)Cc1ccccc1F. The largest absolute Gasteiger partial charge is 0.502 e. The first-order valence-electron chi connectivity index (χ1n) is 8.74. The zero-order valence-electron chi connectivity index (χ0n) is 15.1. The molecule has 7 nitrogen and oxygen atoms in total. The topological polar surface area (TPSA) is 89.2 Å². The molecule has 148 valence electrons. The first-order valence-corrected chi connectivity index (χ1v) is 8.74. The Morgan fingerprint density at radius 2 is 1.86 bits per heavy atom. The van der Waals surface area contributed by atoms with Crippen molar-refractivity contribution in [3.8, 4) is 17.2 Å². The molecule has 1 aliphatic rings. The maximum Gasteiger partial charge on any atom is 0.290 e. The van der Waals surface area contributed by atoms with Crippen molar-refractivity contribution in [2.75, 3.05) is 6.79 Å². The maximum atomic E-state index is 14.2. The van der Waals surface area contributed by atoms with Gasteiger partial charge in [-0.3, -0.25) is 9.59 Å². The Bertz CT molecular complexity index is 1130. The number of amides is 1. The van der Waals surface area contributed by atoms with Crippen LogP contribution in [0.25, 0.3) is 0 Å². The van der Waals surface area contributed by atoms with Gasteiger partial charge < -0.3 is 23.9 Å². The number of aromatic hydroxyl groups is 1. The predicted octanol–water partition coefficient (Wildman–Crippen LogP) is 3.06. The first kappa shape index (κ1) is 18.5. The average Bonchev–Trinajstić information content (AvgIpc) is 3.18. The number of hydrogen-bond acceptors (Lipinski definition) is 6. The molecule has 0 saturated carbocycles. The Kier molecular flexibility index (Phi) is 4.90. The van der Waals surface area contributed by atoms with E-state index in [0.717, 1.165) is 17.9 Å². The average molecular weight is 397 g/mol. The molecule has 3 aromatic rings. The van der Waals surface area contributed by atoms with E-state index in [1.54, 1.807) is 36.4 Å². The van der Waals surface area contributed by atoms with Gasteiger partial charge in [-0.2, -0.15) is 0 Å². The van der Waals surface area contributed by atoms with E-state index in [9.17, 15) is 19.1 Å². The summed E-state index contributed by atoms with van der Waals surface area (Å²) in [6, 6.07) is 12.2. The van der Waals surface area contributed by atoms with Crippen molar-refractivity contribution in [1.29, 1.82) is 0 Å². The van der Waals surface area contributed by atoms with E-state index in [1.165, 1.54) is 11.0 Å². The van der Waals surface area contributed by atoms with Gasteiger partial charge in [0.15, 0.2) is 23.0 Å². The van der Waals surface area contributed by atoms with Crippen LogP contribution in [0, 0.1) is 5.82 Å². The summed E-state index contributed by atoms with van der Waals surface area (Å²) in [5.74, 6) is -0.781. The second kappa shape index (κ2) is 7.67. The smallest absolute Gasteiger partial charge is 0.290 e. The van der Waals surface area contributed by atoms with Gasteiger partial charge in [-0.25, -0.2) is 4.39 Å². The van der Waals surface area contributed by atoms with E-state index < -0.39 is 22.9 Å². The van der Waals surface area contributed by atoms with Crippen LogP contribution in [-0.2, 0) is 13.1 Å². The standard InChI is InChI=1S/C21H16FNO6/c22-15-4-2-1-3-14(15)10-23(21(26)20-8-16(24)17(25)11-27-20)9-13-5-6-18-19(7-13)29-12-28-18/h1-8,11,25H,9-10,12H2. The molecule has 0 fully saturated rings. The molecule has 2 aromatic carbocycles. The molecule has 1 aliphatic heterocycles. The third kappa shape index (κ3) is 3.91. The fourth-order valence-corrected chi connectivity index (χ4v) is 2.96. The molecule has 1 amide bonds. The van der Waals surface area contributed by atoms with E-state index in [-0.39, 0.29) is 25.6 Å². The van der Waals surface area contributed by atoms with Gasteiger partial charge in [0.1, 0.15) is 12.1 Å². The highest BCUT2D eigenvalue weighted by Crippen LogP contribution is 2.33. The number of nitrogens with zero attached hydrogens (tertiary/aromatic N) is 1. The van der Waals surface area contributed by atoms with Crippen molar-refractivity contribution in [2.24, 2.45) is 0 Å². The lowest BCUT2D eigenvalue weighted by Crippen LogP contribution is -2.31. The van der Waals surface area contributed by atoms with Crippen LogP contribution in [0.4, 0.5) is 4.39 Å². The van der Waals surface area contributed by atoms with E-state index >= 15 is 0 Å². The molecule has 0 unspecified atom stereocenters. The van der Waals surface area contributed by atoms with E-state index in [1.807, 2.05) is 0 Å². The number of ether oxygens (including phenoxy) is 2. The number of rotatable bonds is 5. The van der Waals surface area contributed by atoms with Crippen molar-refractivity contribution in [2.45, 2.75) is 13.1 Å². The van der Waals surface area contributed by atoms with Crippen LogP contribution in [0.2, 0.25) is 0 Å². The van der Waals surface area contributed by atoms with Crippen LogP contribution in [0.15, 0.2) is 64.0 Å². The molecule has 0 radical (unpaired) electrons. The normalized spacial score (nSPS) is 12.0. The maximum absolute atomic E-state index is 14.2. The summed E-state index contributed by atoms with van der Waals surface area (Å²) < 4.78 is 29.9. The Morgan fingerprint density at radius 1 is 1.07 bits per heavy atom. The lowest BCUT2D eigenvalue weighted by Gasteiger charge is -2.23. The fourth-order valence-electron chi connectivity index (χ4n) is 2.96. The van der Waals surface area contributed by atoms with Crippen molar-refractivity contribution in [3.63, 3.8) is 0 Å². The summed E-state index contributed by atoms with van der Waals surface area (Å²) in [5.41, 5.74) is 0.288. The molecular formula is C21H16FNO6. The van der Waals surface area contributed by atoms with Gasteiger partial charge in [0.2, 0.25) is 12.2 Å². The van der Waals surface area contributed by atoms with Crippen molar-refractivity contribution >= 4 is 5.91 Å². The highest BCUT2D eigenvalue weighted by atomic mass is 19.1. The summed E-state index contributed by atoms with van der Waals surface area (Å²) in [6.07, 6.45) is 0.803. The van der Waals surface area contributed by atoms with Crippen molar-refractivity contribution < 1.29 is 28.2 Å². The summed E-state index contributed by atoms with van der Waals surface area (Å²) in [4.78, 5) is 26.0. The quantitative estimate of drug-likeness (QED) is 0.712. The minimum Gasteiger partial charge on any atom is -0.502 e. The molecular weight excluding hydrogens is 381 g/mol. The van der Waals surface area contributed by atoms with Gasteiger partial charge in [0, 0.05) is 24.7 Å². The Balaban J connectivity index is 1.66. The highest BCUT2D eigenvalue weighted by Gasteiger charge is 2.22. The number of halogens is 1. The van der Waals surface area contributed by atoms with Crippen LogP contribution >= 0.6 is 0 Å². The third-order valence-electron chi connectivity index (χ3n) is 4.44. The van der Waals surface area contributed by atoms with Crippen LogP contribution in [-0.4, -0.2) is 22.7 Å². The summed E-state index contributed by atoms with van der Waals surface area (Å²) in [5, 5.41) is 9.35. The van der Waals surface area contributed by atoms with Gasteiger partial charge >= 0.3 is 0 Å². The van der Waals surface area contributed by atoms with Crippen LogP contribution in [0.5, 0.6) is 17.2 Å². The molecule has 1 aromatic heterocycles. The number of carbonyl (C=O) groups is 1. The summed E-state index contributed by atoms with van der Waals surface area (Å²) >= 11 is 0.